The van der Waals surface area contributed by atoms with Crippen molar-refractivity contribution in [2.24, 2.45) is 0 Å². The van der Waals surface area contributed by atoms with Crippen molar-refractivity contribution in [3.8, 4) is 28.6 Å². The van der Waals surface area contributed by atoms with Crippen molar-refractivity contribution in [1.29, 1.82) is 0 Å². The van der Waals surface area contributed by atoms with E-state index in [0.29, 0.717) is 18.3 Å². The molecule has 128 valence electrons. The quantitative estimate of drug-likeness (QED) is 0.572. The maximum absolute atomic E-state index is 5.72. The molecular formula is C19H18IN3O2. The molecule has 1 aliphatic heterocycles. The van der Waals surface area contributed by atoms with Crippen LogP contribution in [-0.4, -0.2) is 23.3 Å². The smallest absolute Gasteiger partial charge is 0.258 e. The van der Waals surface area contributed by atoms with Crippen molar-refractivity contribution in [3.63, 3.8) is 0 Å². The second kappa shape index (κ2) is 7.03. The maximum Gasteiger partial charge on any atom is 0.258 e. The van der Waals surface area contributed by atoms with E-state index in [1.807, 2.05) is 30.3 Å². The first kappa shape index (κ1) is 16.4. The molecule has 0 atom stereocenters. The summed E-state index contributed by atoms with van der Waals surface area (Å²) in [6.07, 6.45) is 1.97. The summed E-state index contributed by atoms with van der Waals surface area (Å²) in [5, 5.41) is 7.57. The summed E-state index contributed by atoms with van der Waals surface area (Å²) in [7, 11) is 0. The highest BCUT2D eigenvalue weighted by Crippen LogP contribution is 2.33. The van der Waals surface area contributed by atoms with Crippen molar-refractivity contribution < 1.29 is 9.26 Å². The normalized spacial score (nSPS) is 12.7. The molecule has 0 amide bonds. The number of benzene rings is 2. The van der Waals surface area contributed by atoms with Crippen LogP contribution < -0.4 is 10.1 Å². The third-order valence-corrected chi connectivity index (χ3v) is 5.02. The Balaban J connectivity index is 1.64. The first-order valence-corrected chi connectivity index (χ1v) is 9.46. The Morgan fingerprint density at radius 2 is 2.20 bits per heavy atom. The molecule has 25 heavy (non-hydrogen) atoms. The van der Waals surface area contributed by atoms with E-state index in [4.69, 9.17) is 9.26 Å². The number of fused-ring (bicyclic) bond motifs is 1. The molecule has 0 radical (unpaired) electrons. The van der Waals surface area contributed by atoms with Crippen LogP contribution in [0.15, 0.2) is 40.9 Å². The van der Waals surface area contributed by atoms with Crippen molar-refractivity contribution in [2.75, 3.05) is 18.5 Å². The molecule has 0 fully saturated rings. The predicted molar refractivity (Wildman–Crippen MR) is 106 cm³/mol. The van der Waals surface area contributed by atoms with E-state index in [1.165, 1.54) is 5.56 Å². The van der Waals surface area contributed by atoms with Gasteiger partial charge in [0.05, 0.1) is 10.2 Å². The standard InChI is InChI=1S/C19H18IN3O2/c1-2-10-24-17-7-6-12(11-15(17)20)19-22-18(23-25-19)14-4-3-5-16-13(14)8-9-21-16/h3-7,11,21H,2,8-10H2,1H3. The van der Waals surface area contributed by atoms with Gasteiger partial charge in [-0.25, -0.2) is 0 Å². The van der Waals surface area contributed by atoms with E-state index in [1.54, 1.807) is 0 Å². The number of halogens is 1. The van der Waals surface area contributed by atoms with Crippen LogP contribution in [0.3, 0.4) is 0 Å². The molecule has 1 aliphatic rings. The van der Waals surface area contributed by atoms with Crippen LogP contribution >= 0.6 is 22.6 Å². The van der Waals surface area contributed by atoms with Crippen LogP contribution in [0.1, 0.15) is 18.9 Å². The van der Waals surface area contributed by atoms with Gasteiger partial charge in [0.15, 0.2) is 0 Å². The number of nitrogens with zero attached hydrogens (tertiary/aromatic N) is 2. The third kappa shape index (κ3) is 3.22. The van der Waals surface area contributed by atoms with Gasteiger partial charge in [0, 0.05) is 23.4 Å². The number of aromatic nitrogens is 2. The fraction of sp³-hybridized carbons (Fsp3) is 0.263. The fourth-order valence-electron chi connectivity index (χ4n) is 2.97. The molecule has 0 bridgehead atoms. The topological polar surface area (TPSA) is 60.2 Å². The van der Waals surface area contributed by atoms with Gasteiger partial charge in [-0.05, 0) is 65.3 Å². The summed E-state index contributed by atoms with van der Waals surface area (Å²) < 4.78 is 12.3. The van der Waals surface area contributed by atoms with Crippen molar-refractivity contribution in [3.05, 3.63) is 45.5 Å². The van der Waals surface area contributed by atoms with Gasteiger partial charge in [-0.2, -0.15) is 4.98 Å². The van der Waals surface area contributed by atoms with Crippen LogP contribution in [0.2, 0.25) is 0 Å². The molecule has 5 nitrogen and oxygen atoms in total. The Morgan fingerprint density at radius 1 is 1.28 bits per heavy atom. The van der Waals surface area contributed by atoms with E-state index < -0.39 is 0 Å². The Kier molecular flexibility index (Phi) is 4.61. The monoisotopic (exact) mass is 447 g/mol. The molecule has 2 heterocycles. The molecule has 0 saturated carbocycles. The van der Waals surface area contributed by atoms with E-state index >= 15 is 0 Å². The molecular weight excluding hydrogens is 429 g/mol. The minimum atomic E-state index is 0.526. The predicted octanol–water partition coefficient (Wildman–Crippen LogP) is 4.77. The van der Waals surface area contributed by atoms with Crippen LogP contribution in [-0.2, 0) is 6.42 Å². The van der Waals surface area contributed by atoms with Crippen LogP contribution in [0.5, 0.6) is 5.75 Å². The highest BCUT2D eigenvalue weighted by molar-refractivity contribution is 14.1. The fourth-order valence-corrected chi connectivity index (χ4v) is 3.64. The number of anilines is 1. The lowest BCUT2D eigenvalue weighted by Crippen LogP contribution is -1.97. The number of hydrogen-bond acceptors (Lipinski definition) is 5. The van der Waals surface area contributed by atoms with Gasteiger partial charge in [0.2, 0.25) is 5.82 Å². The average Bonchev–Trinajstić information content (AvgIpc) is 3.29. The lowest BCUT2D eigenvalue weighted by Gasteiger charge is -2.07. The van der Waals surface area contributed by atoms with E-state index in [2.05, 4.69) is 51.0 Å². The van der Waals surface area contributed by atoms with Gasteiger partial charge in [-0.1, -0.05) is 24.2 Å². The lowest BCUT2D eigenvalue weighted by molar-refractivity contribution is 0.315. The third-order valence-electron chi connectivity index (χ3n) is 4.17. The molecule has 1 N–H and O–H groups in total. The van der Waals surface area contributed by atoms with Gasteiger partial charge < -0.3 is 14.6 Å². The Labute approximate surface area is 159 Å². The summed E-state index contributed by atoms with van der Waals surface area (Å²) in [5.74, 6) is 2.05. The zero-order valence-electron chi connectivity index (χ0n) is 13.9. The zero-order chi connectivity index (χ0) is 17.2. The molecule has 3 aromatic rings. The summed E-state index contributed by atoms with van der Waals surface area (Å²) in [6.45, 7) is 3.76. The molecule has 4 rings (SSSR count). The van der Waals surface area contributed by atoms with Gasteiger partial charge in [0.1, 0.15) is 5.75 Å². The highest BCUT2D eigenvalue weighted by Gasteiger charge is 2.19. The van der Waals surface area contributed by atoms with Crippen molar-refractivity contribution in [1.82, 2.24) is 10.1 Å². The second-order valence-corrected chi connectivity index (χ2v) is 7.09. The molecule has 0 saturated heterocycles. The zero-order valence-corrected chi connectivity index (χ0v) is 16.0. The number of hydrogen-bond donors (Lipinski definition) is 1. The summed E-state index contributed by atoms with van der Waals surface area (Å²) >= 11 is 2.27. The molecule has 2 aromatic carbocycles. The minimum Gasteiger partial charge on any atom is -0.492 e. The van der Waals surface area contributed by atoms with Gasteiger partial charge in [-0.15, -0.1) is 0 Å². The molecule has 0 spiro atoms. The Hall–Kier alpha value is -2.09. The summed E-state index contributed by atoms with van der Waals surface area (Å²) in [6, 6.07) is 12.1. The first-order valence-electron chi connectivity index (χ1n) is 8.39. The molecule has 1 aromatic heterocycles. The maximum atomic E-state index is 5.72. The first-order chi connectivity index (χ1) is 12.3. The van der Waals surface area contributed by atoms with Crippen LogP contribution in [0, 0.1) is 3.57 Å². The summed E-state index contributed by atoms with van der Waals surface area (Å²) in [4.78, 5) is 4.61. The highest BCUT2D eigenvalue weighted by atomic mass is 127. The van der Waals surface area contributed by atoms with Gasteiger partial charge in [-0.3, -0.25) is 0 Å². The minimum absolute atomic E-state index is 0.526. The number of rotatable bonds is 5. The lowest BCUT2D eigenvalue weighted by atomic mass is 10.0. The van der Waals surface area contributed by atoms with Gasteiger partial charge >= 0.3 is 0 Å². The second-order valence-electron chi connectivity index (χ2n) is 5.93. The van der Waals surface area contributed by atoms with Crippen molar-refractivity contribution in [2.45, 2.75) is 19.8 Å². The van der Waals surface area contributed by atoms with Crippen LogP contribution in [0.25, 0.3) is 22.8 Å². The Bertz CT molecular complexity index is 907. The van der Waals surface area contributed by atoms with E-state index in [-0.39, 0.29) is 0 Å². The van der Waals surface area contributed by atoms with Crippen molar-refractivity contribution >= 4 is 28.3 Å². The Morgan fingerprint density at radius 3 is 3.04 bits per heavy atom. The number of nitrogens with one attached hydrogen (secondary N) is 1. The molecule has 0 aliphatic carbocycles. The SMILES string of the molecule is CCCOc1ccc(-c2nc(-c3cccc4c3CCN4)no2)cc1I. The van der Waals surface area contributed by atoms with Gasteiger partial charge in [0.25, 0.3) is 5.89 Å². The van der Waals surface area contributed by atoms with E-state index in [0.717, 1.165) is 45.5 Å². The molecule has 0 unspecified atom stereocenters. The largest absolute Gasteiger partial charge is 0.492 e. The van der Waals surface area contributed by atoms with Crippen LogP contribution in [0.4, 0.5) is 5.69 Å². The summed E-state index contributed by atoms with van der Waals surface area (Å²) in [5.41, 5.74) is 4.36. The average molecular weight is 447 g/mol. The molecule has 6 heteroatoms. The number of ether oxygens (including phenoxy) is 1. The van der Waals surface area contributed by atoms with E-state index in [9.17, 15) is 0 Å².